The Balaban J connectivity index is 1.87. The molecule has 1 aromatic heterocycles. The third-order valence-corrected chi connectivity index (χ3v) is 4.89. The van der Waals surface area contributed by atoms with Gasteiger partial charge in [0.15, 0.2) is 0 Å². The Morgan fingerprint density at radius 1 is 1.10 bits per heavy atom. The molecule has 1 N–H and O–H groups in total. The van der Waals surface area contributed by atoms with Crippen molar-refractivity contribution in [2.24, 2.45) is 5.92 Å². The summed E-state index contributed by atoms with van der Waals surface area (Å²) in [7, 11) is 0. The Hall–Kier alpha value is -1.19. The van der Waals surface area contributed by atoms with Gasteiger partial charge < -0.3 is 5.32 Å². The maximum atomic E-state index is 4.50. The van der Waals surface area contributed by atoms with Crippen molar-refractivity contribution in [3.05, 3.63) is 51.5 Å². The summed E-state index contributed by atoms with van der Waals surface area (Å²) in [5.41, 5.74) is 2.76. The Morgan fingerprint density at radius 3 is 2.33 bits per heavy atom. The fraction of sp³-hybridized carbons (Fsp3) is 0.500. The third-order valence-electron chi connectivity index (χ3n) is 3.57. The van der Waals surface area contributed by atoms with Gasteiger partial charge >= 0.3 is 0 Å². The quantitative estimate of drug-likeness (QED) is 0.798. The van der Waals surface area contributed by atoms with E-state index in [0.717, 1.165) is 19.4 Å². The molecule has 0 bridgehead atoms. The largest absolute Gasteiger partial charge is 0.304 e. The Morgan fingerprint density at radius 2 is 1.76 bits per heavy atom. The SMILES string of the molecule is CCc1cnc(C(C)NCc2ccc(CC(C)C)cc2)s1. The van der Waals surface area contributed by atoms with Crippen LogP contribution in [0, 0.1) is 5.92 Å². The van der Waals surface area contributed by atoms with E-state index in [1.54, 1.807) is 0 Å². The maximum absolute atomic E-state index is 4.50. The number of hydrogen-bond acceptors (Lipinski definition) is 3. The Labute approximate surface area is 132 Å². The van der Waals surface area contributed by atoms with Crippen molar-refractivity contribution in [2.75, 3.05) is 0 Å². The lowest BCUT2D eigenvalue weighted by Gasteiger charge is -2.12. The number of hydrogen-bond donors (Lipinski definition) is 1. The average molecular weight is 302 g/mol. The monoisotopic (exact) mass is 302 g/mol. The molecule has 0 saturated heterocycles. The molecule has 0 aliphatic rings. The summed E-state index contributed by atoms with van der Waals surface area (Å²) in [6.07, 6.45) is 4.23. The minimum absolute atomic E-state index is 0.311. The van der Waals surface area contributed by atoms with Gasteiger partial charge in [-0.2, -0.15) is 0 Å². The second-order valence-electron chi connectivity index (χ2n) is 6.04. The third kappa shape index (κ3) is 4.94. The van der Waals surface area contributed by atoms with Gasteiger partial charge in [-0.15, -0.1) is 11.3 Å². The van der Waals surface area contributed by atoms with Crippen LogP contribution in [-0.4, -0.2) is 4.98 Å². The summed E-state index contributed by atoms with van der Waals surface area (Å²) in [5.74, 6) is 0.715. The number of aryl methyl sites for hydroxylation is 1. The predicted molar refractivity (Wildman–Crippen MR) is 91.7 cm³/mol. The highest BCUT2D eigenvalue weighted by molar-refractivity contribution is 7.11. The first kappa shape index (κ1) is 16.2. The van der Waals surface area contributed by atoms with Crippen LogP contribution in [0.15, 0.2) is 30.5 Å². The molecule has 0 radical (unpaired) electrons. The van der Waals surface area contributed by atoms with Gasteiger partial charge in [-0.25, -0.2) is 4.98 Å². The van der Waals surface area contributed by atoms with Gasteiger partial charge in [-0.05, 0) is 36.8 Å². The van der Waals surface area contributed by atoms with E-state index in [1.165, 1.54) is 21.0 Å². The number of benzene rings is 1. The van der Waals surface area contributed by atoms with Gasteiger partial charge in [0.25, 0.3) is 0 Å². The topological polar surface area (TPSA) is 24.9 Å². The van der Waals surface area contributed by atoms with E-state index in [9.17, 15) is 0 Å². The molecule has 114 valence electrons. The van der Waals surface area contributed by atoms with E-state index in [2.05, 4.69) is 62.3 Å². The molecule has 1 atom stereocenters. The summed E-state index contributed by atoms with van der Waals surface area (Å²) < 4.78 is 0. The van der Waals surface area contributed by atoms with Crippen LogP contribution in [0.3, 0.4) is 0 Å². The Kier molecular flexibility index (Phi) is 5.95. The summed E-state index contributed by atoms with van der Waals surface area (Å²) in [6, 6.07) is 9.28. The lowest BCUT2D eigenvalue weighted by Crippen LogP contribution is -2.17. The summed E-state index contributed by atoms with van der Waals surface area (Å²) in [5, 5.41) is 4.74. The van der Waals surface area contributed by atoms with Crippen molar-refractivity contribution < 1.29 is 0 Å². The average Bonchev–Trinajstić information content (AvgIpc) is 2.94. The van der Waals surface area contributed by atoms with Crippen molar-refractivity contribution in [1.82, 2.24) is 10.3 Å². The van der Waals surface area contributed by atoms with Gasteiger partial charge in [0, 0.05) is 17.6 Å². The van der Waals surface area contributed by atoms with Crippen LogP contribution in [0.1, 0.15) is 54.7 Å². The fourth-order valence-electron chi connectivity index (χ4n) is 2.31. The van der Waals surface area contributed by atoms with Crippen LogP contribution < -0.4 is 5.32 Å². The standard InChI is InChI=1S/C18H26N2S/c1-5-17-12-20-18(21-17)14(4)19-11-16-8-6-15(7-9-16)10-13(2)3/h6-9,12-14,19H,5,10-11H2,1-4H3. The zero-order chi connectivity index (χ0) is 15.2. The van der Waals surface area contributed by atoms with Crippen molar-refractivity contribution in [2.45, 2.75) is 53.1 Å². The van der Waals surface area contributed by atoms with E-state index in [4.69, 9.17) is 0 Å². The molecule has 1 heterocycles. The highest BCUT2D eigenvalue weighted by Gasteiger charge is 2.09. The van der Waals surface area contributed by atoms with E-state index in [0.29, 0.717) is 12.0 Å². The minimum atomic E-state index is 0.311. The molecule has 0 aliphatic carbocycles. The van der Waals surface area contributed by atoms with Crippen molar-refractivity contribution in [3.63, 3.8) is 0 Å². The van der Waals surface area contributed by atoms with E-state index >= 15 is 0 Å². The number of nitrogens with zero attached hydrogens (tertiary/aromatic N) is 1. The molecule has 2 aromatic rings. The first-order chi connectivity index (χ1) is 10.1. The van der Waals surface area contributed by atoms with Crippen molar-refractivity contribution >= 4 is 11.3 Å². The highest BCUT2D eigenvalue weighted by Crippen LogP contribution is 2.20. The molecule has 0 spiro atoms. The van der Waals surface area contributed by atoms with Crippen molar-refractivity contribution in [1.29, 1.82) is 0 Å². The van der Waals surface area contributed by atoms with E-state index < -0.39 is 0 Å². The molecular weight excluding hydrogens is 276 g/mol. The van der Waals surface area contributed by atoms with Crippen LogP contribution in [0.4, 0.5) is 0 Å². The summed E-state index contributed by atoms with van der Waals surface area (Å²) in [4.78, 5) is 5.86. The second kappa shape index (κ2) is 7.71. The molecule has 1 aromatic carbocycles. The number of nitrogens with one attached hydrogen (secondary N) is 1. The lowest BCUT2D eigenvalue weighted by atomic mass is 10.0. The molecule has 0 amide bonds. The molecule has 0 saturated carbocycles. The number of rotatable bonds is 7. The Bertz CT molecular complexity index is 543. The van der Waals surface area contributed by atoms with Gasteiger partial charge in [0.2, 0.25) is 0 Å². The van der Waals surface area contributed by atoms with Gasteiger partial charge in [0.05, 0.1) is 6.04 Å². The molecule has 2 rings (SSSR count). The van der Waals surface area contributed by atoms with Crippen LogP contribution in [-0.2, 0) is 19.4 Å². The van der Waals surface area contributed by atoms with Crippen molar-refractivity contribution in [3.8, 4) is 0 Å². The smallest absolute Gasteiger partial charge is 0.109 e. The van der Waals surface area contributed by atoms with Gasteiger partial charge in [-0.1, -0.05) is 45.0 Å². The summed E-state index contributed by atoms with van der Waals surface area (Å²) >= 11 is 1.81. The zero-order valence-corrected chi connectivity index (χ0v) is 14.3. The molecule has 0 aliphatic heterocycles. The van der Waals surface area contributed by atoms with Gasteiger partial charge in [0.1, 0.15) is 5.01 Å². The molecule has 3 heteroatoms. The minimum Gasteiger partial charge on any atom is -0.304 e. The maximum Gasteiger partial charge on any atom is 0.109 e. The highest BCUT2D eigenvalue weighted by atomic mass is 32.1. The molecule has 0 fully saturated rings. The van der Waals surface area contributed by atoms with E-state index in [-0.39, 0.29) is 0 Å². The molecule has 1 unspecified atom stereocenters. The normalized spacial score (nSPS) is 12.8. The predicted octanol–water partition coefficient (Wildman–Crippen LogP) is 4.75. The first-order valence-electron chi connectivity index (χ1n) is 7.84. The van der Waals surface area contributed by atoms with Crippen LogP contribution in [0.2, 0.25) is 0 Å². The number of thiazole rings is 1. The van der Waals surface area contributed by atoms with Gasteiger partial charge in [-0.3, -0.25) is 0 Å². The second-order valence-corrected chi connectivity index (χ2v) is 7.18. The van der Waals surface area contributed by atoms with Crippen LogP contribution in [0.25, 0.3) is 0 Å². The summed E-state index contributed by atoms with van der Waals surface area (Å²) in [6.45, 7) is 9.77. The first-order valence-corrected chi connectivity index (χ1v) is 8.66. The van der Waals surface area contributed by atoms with Crippen LogP contribution in [0.5, 0.6) is 0 Å². The number of aromatic nitrogens is 1. The van der Waals surface area contributed by atoms with Crippen LogP contribution >= 0.6 is 11.3 Å². The zero-order valence-electron chi connectivity index (χ0n) is 13.5. The molecular formula is C18H26N2S. The molecule has 21 heavy (non-hydrogen) atoms. The fourth-order valence-corrected chi connectivity index (χ4v) is 3.19. The van der Waals surface area contributed by atoms with E-state index in [1.807, 2.05) is 17.5 Å². The lowest BCUT2D eigenvalue weighted by molar-refractivity contribution is 0.571. The molecule has 2 nitrogen and oxygen atoms in total.